The molecule has 4 nitrogen and oxygen atoms in total. The molecule has 0 amide bonds. The summed E-state index contributed by atoms with van der Waals surface area (Å²) in [6.07, 6.45) is 9.60. The fourth-order valence-corrected chi connectivity index (χ4v) is 10.4. The van der Waals surface area contributed by atoms with E-state index in [0.29, 0.717) is 11.8 Å². The number of hydrogen-bond donors (Lipinski definition) is 0. The van der Waals surface area contributed by atoms with Gasteiger partial charge in [0.25, 0.3) is 0 Å². The molecule has 6 aromatic rings. The van der Waals surface area contributed by atoms with Crippen molar-refractivity contribution in [2.24, 2.45) is 11.8 Å². The number of halogens is 2. The van der Waals surface area contributed by atoms with E-state index < -0.39 is 0 Å². The molecule has 6 rings (SSSR count). The summed E-state index contributed by atoms with van der Waals surface area (Å²) in [5.74, 6) is 2.93. The Morgan fingerprint density at radius 1 is 0.549 bits per heavy atom. The quantitative estimate of drug-likeness (QED) is 0.0863. The van der Waals surface area contributed by atoms with E-state index in [4.69, 9.17) is 19.4 Å². The Labute approximate surface area is 332 Å². The van der Waals surface area contributed by atoms with E-state index in [0.717, 1.165) is 88.4 Å². The van der Waals surface area contributed by atoms with Crippen LogP contribution in [0.3, 0.4) is 0 Å². The molecule has 0 aliphatic carbocycles. The molecular weight excluding hydrogens is 820 g/mol. The first-order valence-corrected chi connectivity index (χ1v) is 22.3. The van der Waals surface area contributed by atoms with Gasteiger partial charge in [0.2, 0.25) is 0 Å². The summed E-state index contributed by atoms with van der Waals surface area (Å²) in [4.78, 5) is 15.6. The Morgan fingerprint density at radius 2 is 0.961 bits per heavy atom. The molecule has 9 heteroatoms. The minimum absolute atomic E-state index is 0.577. The number of thiophene rings is 3. The van der Waals surface area contributed by atoms with Crippen LogP contribution in [0.25, 0.3) is 53.1 Å². The summed E-state index contributed by atoms with van der Waals surface area (Å²) in [5, 5.41) is 0. The summed E-state index contributed by atoms with van der Waals surface area (Å²) in [6, 6.07) is 25.4. The first kappa shape index (κ1) is 38.2. The van der Waals surface area contributed by atoms with Crippen LogP contribution in [0.2, 0.25) is 0 Å². The molecule has 0 radical (unpaired) electrons. The molecule has 4 aromatic heterocycles. The lowest BCUT2D eigenvalue weighted by molar-refractivity contribution is 0.233. The van der Waals surface area contributed by atoms with E-state index in [2.05, 4.69) is 132 Å². The van der Waals surface area contributed by atoms with E-state index in [9.17, 15) is 0 Å². The van der Waals surface area contributed by atoms with Crippen LogP contribution in [0.1, 0.15) is 79.1 Å². The van der Waals surface area contributed by atoms with Gasteiger partial charge in [-0.05, 0) is 129 Å². The predicted octanol–water partition coefficient (Wildman–Crippen LogP) is 15.2. The smallest absolute Gasteiger partial charge is 0.119 e. The third-order valence-corrected chi connectivity index (χ3v) is 14.2. The van der Waals surface area contributed by atoms with E-state index >= 15 is 0 Å². The van der Waals surface area contributed by atoms with Crippen molar-refractivity contribution in [2.75, 3.05) is 13.2 Å². The highest BCUT2D eigenvalue weighted by molar-refractivity contribution is 9.11. The minimum atomic E-state index is 0.577. The van der Waals surface area contributed by atoms with Crippen LogP contribution in [0.5, 0.6) is 11.5 Å². The SMILES string of the molecule is CCCCC(CC)COc1ccc(-c2nc3c(-c4ccc(Br)s4)sc(-c4ccc(Br)s4)c3nc2-c2ccc(OCC(CC)CCCC)cc2)cc1. The van der Waals surface area contributed by atoms with Crippen molar-refractivity contribution in [1.82, 2.24) is 9.97 Å². The first-order chi connectivity index (χ1) is 24.9. The second-order valence-electron chi connectivity index (χ2n) is 13.1. The number of hydrogen-bond acceptors (Lipinski definition) is 7. The van der Waals surface area contributed by atoms with Gasteiger partial charge in [-0.3, -0.25) is 0 Å². The van der Waals surface area contributed by atoms with Gasteiger partial charge in [0, 0.05) is 20.9 Å². The van der Waals surface area contributed by atoms with Crippen molar-refractivity contribution in [3.63, 3.8) is 0 Å². The second kappa shape index (κ2) is 18.5. The standard InChI is InChI=1S/C42H46Br2N2O2S3/c1-5-9-11-27(7-3)25-47-31-17-13-29(14-18-31)37-38(30-15-19-32(20-16-30)48-26-28(8-4)12-10-6-2)46-40-39(45-37)41(33-21-23-35(43)49-33)51-42(40)34-22-24-36(44)50-34/h13-24,27-28H,5-12,25-26H2,1-4H3. The van der Waals surface area contributed by atoms with Crippen LogP contribution >= 0.6 is 65.9 Å². The Balaban J connectivity index is 1.41. The number of rotatable bonds is 18. The fraction of sp³-hybridized carbons (Fsp3) is 0.381. The van der Waals surface area contributed by atoms with Crippen molar-refractivity contribution in [3.8, 4) is 53.5 Å². The third kappa shape index (κ3) is 9.52. The molecule has 0 spiro atoms. The van der Waals surface area contributed by atoms with Crippen molar-refractivity contribution in [3.05, 3.63) is 80.4 Å². The Bertz CT molecular complexity index is 1860. The molecule has 0 aliphatic heterocycles. The van der Waals surface area contributed by atoms with Gasteiger partial charge in [-0.2, -0.15) is 0 Å². The number of aromatic nitrogens is 2. The van der Waals surface area contributed by atoms with Crippen molar-refractivity contribution >= 4 is 76.9 Å². The molecule has 268 valence electrons. The largest absolute Gasteiger partial charge is 0.493 e. The zero-order chi connectivity index (χ0) is 35.7. The minimum Gasteiger partial charge on any atom is -0.493 e. The molecule has 0 fully saturated rings. The van der Waals surface area contributed by atoms with Crippen LogP contribution in [-0.4, -0.2) is 23.2 Å². The molecule has 51 heavy (non-hydrogen) atoms. The van der Waals surface area contributed by atoms with E-state index in [-0.39, 0.29) is 0 Å². The van der Waals surface area contributed by atoms with E-state index in [1.54, 1.807) is 34.0 Å². The lowest BCUT2D eigenvalue weighted by Gasteiger charge is -2.16. The van der Waals surface area contributed by atoms with Gasteiger partial charge in [0.15, 0.2) is 0 Å². The lowest BCUT2D eigenvalue weighted by Crippen LogP contribution is -2.11. The van der Waals surface area contributed by atoms with Gasteiger partial charge in [0.05, 0.1) is 41.9 Å². The molecule has 2 unspecified atom stereocenters. The number of nitrogens with zero attached hydrogens (tertiary/aromatic N) is 2. The third-order valence-electron chi connectivity index (χ3n) is 9.44. The van der Waals surface area contributed by atoms with Crippen LogP contribution in [0, 0.1) is 11.8 Å². The van der Waals surface area contributed by atoms with Crippen LogP contribution in [0.4, 0.5) is 0 Å². The summed E-state index contributed by atoms with van der Waals surface area (Å²) >= 11 is 12.6. The topological polar surface area (TPSA) is 44.2 Å². The van der Waals surface area contributed by atoms with Crippen LogP contribution in [0.15, 0.2) is 80.4 Å². The van der Waals surface area contributed by atoms with Crippen molar-refractivity contribution in [1.29, 1.82) is 0 Å². The van der Waals surface area contributed by atoms with E-state index in [1.165, 1.54) is 48.3 Å². The van der Waals surface area contributed by atoms with Crippen LogP contribution < -0.4 is 9.47 Å². The molecule has 0 aliphatic rings. The number of unbranched alkanes of at least 4 members (excludes halogenated alkanes) is 2. The molecule has 4 heterocycles. The van der Waals surface area contributed by atoms with Gasteiger partial charge in [-0.15, -0.1) is 34.0 Å². The van der Waals surface area contributed by atoms with Gasteiger partial charge >= 0.3 is 0 Å². The highest BCUT2D eigenvalue weighted by Crippen LogP contribution is 2.49. The number of fused-ring (bicyclic) bond motifs is 1. The maximum absolute atomic E-state index is 6.29. The Morgan fingerprint density at radius 3 is 1.29 bits per heavy atom. The summed E-state index contributed by atoms with van der Waals surface area (Å²) in [7, 11) is 0. The molecular formula is C42H46Br2N2O2S3. The molecule has 2 atom stereocenters. The summed E-state index contributed by atoms with van der Waals surface area (Å²) < 4.78 is 14.8. The lowest BCUT2D eigenvalue weighted by atomic mass is 10.0. The van der Waals surface area contributed by atoms with Crippen LogP contribution in [-0.2, 0) is 0 Å². The van der Waals surface area contributed by atoms with Gasteiger partial charge in [-0.1, -0.05) is 66.2 Å². The number of ether oxygens (including phenoxy) is 2. The molecule has 2 aromatic carbocycles. The zero-order valence-electron chi connectivity index (χ0n) is 29.8. The Hall–Kier alpha value is -2.56. The number of benzene rings is 2. The molecule has 0 bridgehead atoms. The highest BCUT2D eigenvalue weighted by atomic mass is 79.9. The van der Waals surface area contributed by atoms with Gasteiger partial charge < -0.3 is 9.47 Å². The van der Waals surface area contributed by atoms with Gasteiger partial charge in [0.1, 0.15) is 22.5 Å². The normalized spacial score (nSPS) is 12.7. The van der Waals surface area contributed by atoms with Gasteiger partial charge in [-0.25, -0.2) is 9.97 Å². The average Bonchev–Trinajstić information content (AvgIpc) is 3.89. The second-order valence-corrected chi connectivity index (χ2v) is 19.0. The monoisotopic (exact) mass is 864 g/mol. The zero-order valence-corrected chi connectivity index (χ0v) is 35.5. The van der Waals surface area contributed by atoms with Crippen molar-refractivity contribution < 1.29 is 9.47 Å². The van der Waals surface area contributed by atoms with Crippen molar-refractivity contribution in [2.45, 2.75) is 79.1 Å². The van der Waals surface area contributed by atoms with E-state index in [1.807, 2.05) is 0 Å². The average molecular weight is 867 g/mol. The molecule has 0 saturated heterocycles. The molecule has 0 saturated carbocycles. The molecule has 0 N–H and O–H groups in total. The summed E-state index contributed by atoms with van der Waals surface area (Å²) in [6.45, 7) is 10.5. The predicted molar refractivity (Wildman–Crippen MR) is 228 cm³/mol. The first-order valence-electron chi connectivity index (χ1n) is 18.2. The maximum atomic E-state index is 6.29. The fourth-order valence-electron chi connectivity index (χ4n) is 6.20. The maximum Gasteiger partial charge on any atom is 0.119 e. The Kier molecular flexibility index (Phi) is 13.8. The summed E-state index contributed by atoms with van der Waals surface area (Å²) in [5.41, 5.74) is 5.58. The highest BCUT2D eigenvalue weighted by Gasteiger charge is 2.23.